The number of nitrogens with zero attached hydrogens (tertiary/aromatic N) is 2. The number of alkyl halides is 3. The lowest BCUT2D eigenvalue weighted by atomic mass is 9.87. The first-order valence-corrected chi connectivity index (χ1v) is 16.1. The summed E-state index contributed by atoms with van der Waals surface area (Å²) in [6, 6.07) is 8.50. The third-order valence-electron chi connectivity index (χ3n) is 8.31. The quantitative estimate of drug-likeness (QED) is 0.424. The van der Waals surface area contributed by atoms with Crippen LogP contribution in [0, 0.1) is 11.8 Å². The van der Waals surface area contributed by atoms with Gasteiger partial charge >= 0.3 is 12.4 Å². The monoisotopic (exact) mass is 635 g/mol. The van der Waals surface area contributed by atoms with Crippen molar-refractivity contribution < 1.29 is 40.8 Å². The summed E-state index contributed by atoms with van der Waals surface area (Å²) >= 11 is 0. The number of rotatable bonds is 7. The molecule has 0 spiro atoms. The second-order valence-electron chi connectivity index (χ2n) is 11.5. The number of sulfone groups is 1. The van der Waals surface area contributed by atoms with Crippen molar-refractivity contribution in [3.8, 4) is 16.9 Å². The maximum atomic E-state index is 13.2. The van der Waals surface area contributed by atoms with Gasteiger partial charge in [-0.15, -0.1) is 13.2 Å². The summed E-state index contributed by atoms with van der Waals surface area (Å²) in [5.41, 5.74) is 6.34. The van der Waals surface area contributed by atoms with Crippen LogP contribution in [0.4, 0.5) is 18.0 Å². The highest BCUT2D eigenvalue weighted by molar-refractivity contribution is 7.91. The number of amides is 3. The highest BCUT2D eigenvalue weighted by atomic mass is 32.2. The van der Waals surface area contributed by atoms with Crippen molar-refractivity contribution >= 4 is 21.8 Å². The minimum atomic E-state index is -4.83. The van der Waals surface area contributed by atoms with Crippen molar-refractivity contribution in [1.82, 2.24) is 26.1 Å². The number of carbonyl (C=O) groups is 2. The molecule has 1 saturated heterocycles. The van der Waals surface area contributed by atoms with Crippen LogP contribution >= 0.6 is 0 Å². The maximum absolute atomic E-state index is 13.2. The van der Waals surface area contributed by atoms with Crippen molar-refractivity contribution in [2.45, 2.75) is 44.8 Å². The molecule has 3 atom stereocenters. The summed E-state index contributed by atoms with van der Waals surface area (Å²) in [5, 5.41) is 7.48. The van der Waals surface area contributed by atoms with Gasteiger partial charge in [0.2, 0.25) is 5.91 Å². The first-order valence-electron chi connectivity index (χ1n) is 14.3. The van der Waals surface area contributed by atoms with Crippen LogP contribution in [0.3, 0.4) is 0 Å². The minimum Gasteiger partial charge on any atom is -0.406 e. The van der Waals surface area contributed by atoms with Gasteiger partial charge in [0, 0.05) is 44.6 Å². The van der Waals surface area contributed by atoms with Gasteiger partial charge < -0.3 is 25.1 Å². The molecule has 236 valence electrons. The molecule has 3 N–H and O–H groups in total. The fraction of sp³-hybridized carbons (Fsp3) is 0.448. The van der Waals surface area contributed by atoms with Crippen LogP contribution < -0.4 is 21.0 Å². The molecule has 4 aliphatic rings. The van der Waals surface area contributed by atoms with Gasteiger partial charge in [0.05, 0.1) is 17.7 Å². The number of halogens is 3. The van der Waals surface area contributed by atoms with Gasteiger partial charge in [-0.3, -0.25) is 9.80 Å². The largest absolute Gasteiger partial charge is 0.573 e. The van der Waals surface area contributed by atoms with E-state index in [0.717, 1.165) is 16.7 Å². The normalized spacial score (nSPS) is 23.8. The summed E-state index contributed by atoms with van der Waals surface area (Å²) < 4.78 is 66.6. The Kier molecular flexibility index (Phi) is 7.86. The number of hydrogen-bond donors (Lipinski definition) is 3. The van der Waals surface area contributed by atoms with Crippen LogP contribution in [-0.2, 0) is 39.0 Å². The molecule has 44 heavy (non-hydrogen) atoms. The fourth-order valence-corrected chi connectivity index (χ4v) is 7.71. The number of urea groups is 1. The van der Waals surface area contributed by atoms with Crippen molar-refractivity contribution in [2.75, 3.05) is 25.1 Å². The Morgan fingerprint density at radius 2 is 2.00 bits per heavy atom. The third-order valence-corrected chi connectivity index (χ3v) is 10.1. The first kappa shape index (κ1) is 30.1. The summed E-state index contributed by atoms with van der Waals surface area (Å²) in [6.07, 6.45) is -1.62. The van der Waals surface area contributed by atoms with Crippen molar-refractivity contribution in [1.29, 1.82) is 0 Å². The first-order chi connectivity index (χ1) is 20.8. The van der Waals surface area contributed by atoms with E-state index >= 15 is 0 Å². The number of hydrogen-bond acceptors (Lipinski definition) is 8. The average molecular weight is 636 g/mol. The highest BCUT2D eigenvalue weighted by Gasteiger charge is 2.48. The molecule has 2 fully saturated rings. The van der Waals surface area contributed by atoms with Crippen molar-refractivity contribution in [2.24, 2.45) is 11.8 Å². The van der Waals surface area contributed by atoms with Gasteiger partial charge in [-0.1, -0.05) is 29.9 Å². The van der Waals surface area contributed by atoms with E-state index in [1.54, 1.807) is 29.2 Å². The number of carbonyl (C=O) groups excluding carboxylic acids is 2. The Morgan fingerprint density at radius 1 is 1.18 bits per heavy atom. The minimum absolute atomic E-state index is 0.0199. The van der Waals surface area contributed by atoms with Crippen molar-refractivity contribution in [3.63, 3.8) is 0 Å². The van der Waals surface area contributed by atoms with E-state index < -0.39 is 22.2 Å². The molecule has 15 heteroatoms. The zero-order valence-corrected chi connectivity index (χ0v) is 24.6. The number of benzene rings is 2. The topological polar surface area (TPSA) is 129 Å². The Bertz CT molecular complexity index is 1610. The summed E-state index contributed by atoms with van der Waals surface area (Å²) in [5.74, 6) is -0.0923. The van der Waals surface area contributed by atoms with Gasteiger partial charge in [0.1, 0.15) is 11.5 Å². The van der Waals surface area contributed by atoms with Crippen LogP contribution in [0.2, 0.25) is 0 Å². The van der Waals surface area contributed by atoms with Gasteiger partial charge in [-0.2, -0.15) is 0 Å². The molecular weight excluding hydrogens is 603 g/mol. The van der Waals surface area contributed by atoms with E-state index in [1.807, 2.05) is 12.1 Å². The zero-order chi connectivity index (χ0) is 31.2. The number of allylic oxidation sites excluding steroid dienone is 1. The SMILES string of the molecule is CN1C=C([C@@H]2C[C@H]2C(=O)NCc2ccc(-c3cccc(OC(F)(F)F)c3)c3c2CN(C(=O)NC2CCS(=O)(=O)C2)CC3)ON1. The lowest BCUT2D eigenvalue weighted by molar-refractivity contribution is -0.274. The summed E-state index contributed by atoms with van der Waals surface area (Å²) in [6.45, 7) is 0.695. The zero-order valence-electron chi connectivity index (χ0n) is 23.8. The van der Waals surface area contributed by atoms with Gasteiger partial charge in [-0.05, 0) is 59.2 Å². The Hall–Kier alpha value is -3.98. The molecule has 11 nitrogen and oxygen atoms in total. The molecule has 2 aromatic carbocycles. The van der Waals surface area contributed by atoms with E-state index in [0.29, 0.717) is 42.7 Å². The molecule has 6 rings (SSSR count). The predicted molar refractivity (Wildman–Crippen MR) is 152 cm³/mol. The van der Waals surface area contributed by atoms with Crippen LogP contribution in [0.15, 0.2) is 48.4 Å². The molecule has 0 radical (unpaired) electrons. The van der Waals surface area contributed by atoms with E-state index in [4.69, 9.17) is 4.84 Å². The van der Waals surface area contributed by atoms with E-state index in [2.05, 4.69) is 21.0 Å². The lowest BCUT2D eigenvalue weighted by Gasteiger charge is -2.33. The van der Waals surface area contributed by atoms with Gasteiger partial charge in [-0.25, -0.2) is 13.2 Å². The predicted octanol–water partition coefficient (Wildman–Crippen LogP) is 2.98. The number of nitrogens with one attached hydrogen (secondary N) is 3. The molecule has 1 saturated carbocycles. The second-order valence-corrected chi connectivity index (χ2v) is 13.8. The average Bonchev–Trinajstić information content (AvgIpc) is 3.53. The van der Waals surface area contributed by atoms with E-state index in [1.165, 1.54) is 18.2 Å². The number of fused-ring (bicyclic) bond motifs is 1. The highest BCUT2D eigenvalue weighted by Crippen LogP contribution is 2.45. The molecule has 3 amide bonds. The number of ether oxygens (including phenoxy) is 1. The Morgan fingerprint density at radius 3 is 2.70 bits per heavy atom. The van der Waals surface area contributed by atoms with Crippen molar-refractivity contribution in [3.05, 3.63) is 65.0 Å². The van der Waals surface area contributed by atoms with E-state index in [9.17, 15) is 31.2 Å². The smallest absolute Gasteiger partial charge is 0.406 e. The summed E-state index contributed by atoms with van der Waals surface area (Å²) in [7, 11) is -1.39. The Balaban J connectivity index is 1.23. The van der Waals surface area contributed by atoms with Gasteiger partial charge in [0.25, 0.3) is 0 Å². The molecule has 0 bridgehead atoms. The summed E-state index contributed by atoms with van der Waals surface area (Å²) in [4.78, 5) is 33.2. The van der Waals surface area contributed by atoms with E-state index in [-0.39, 0.29) is 54.1 Å². The molecular formula is C29H32F3N5O6S. The number of hydrazine groups is 1. The molecule has 3 heterocycles. The fourth-order valence-electron chi connectivity index (χ4n) is 6.04. The van der Waals surface area contributed by atoms with Crippen LogP contribution in [0.25, 0.3) is 11.1 Å². The van der Waals surface area contributed by atoms with Crippen LogP contribution in [0.5, 0.6) is 5.75 Å². The molecule has 1 unspecified atom stereocenters. The van der Waals surface area contributed by atoms with Crippen LogP contribution in [0.1, 0.15) is 29.5 Å². The standard InChI is InChI=1S/C29H32F3N5O6S/c1-36-15-26(43-35-36)23-12-24(23)27(38)33-13-18-5-6-21(17-3-2-4-20(11-17)42-29(30,31)32)22-7-9-37(14-25(18)22)28(39)34-19-8-10-44(40,41)16-19/h2-6,11,15,19,23-24,35H,7-10,12-14,16H2,1H3,(H,33,38)(H,34,39)/t19?,23-,24-/m1/s1. The Labute approximate surface area is 252 Å². The molecule has 2 aromatic rings. The molecule has 3 aliphatic heterocycles. The maximum Gasteiger partial charge on any atom is 0.573 e. The van der Waals surface area contributed by atoms with Gasteiger partial charge in [0.15, 0.2) is 9.84 Å². The third kappa shape index (κ3) is 6.73. The molecule has 0 aromatic heterocycles. The van der Waals surface area contributed by atoms with Crippen LogP contribution in [-0.4, -0.2) is 67.8 Å². The lowest BCUT2D eigenvalue weighted by Crippen LogP contribution is -2.47. The second kappa shape index (κ2) is 11.5. The molecule has 1 aliphatic carbocycles.